The number of hydrogen-bond acceptors (Lipinski definition) is 7. The van der Waals surface area contributed by atoms with E-state index in [1.807, 2.05) is 52.9 Å². The van der Waals surface area contributed by atoms with Crippen molar-refractivity contribution in [3.8, 4) is 5.69 Å². The molecular weight excluding hydrogens is 466 g/mol. The van der Waals surface area contributed by atoms with Crippen molar-refractivity contribution in [2.24, 2.45) is 5.92 Å². The van der Waals surface area contributed by atoms with Gasteiger partial charge in [0.15, 0.2) is 5.16 Å². The molecule has 1 saturated heterocycles. The summed E-state index contributed by atoms with van der Waals surface area (Å²) >= 11 is 1.29. The molecule has 0 unspecified atom stereocenters. The van der Waals surface area contributed by atoms with E-state index in [1.54, 1.807) is 22.5 Å². The Morgan fingerprint density at radius 3 is 2.49 bits per heavy atom. The molecule has 9 nitrogen and oxygen atoms in total. The summed E-state index contributed by atoms with van der Waals surface area (Å²) in [6.45, 7) is 3.22. The van der Waals surface area contributed by atoms with Gasteiger partial charge in [0.2, 0.25) is 11.7 Å². The van der Waals surface area contributed by atoms with Crippen molar-refractivity contribution in [2.75, 3.05) is 25.4 Å². The number of carbonyl (C=O) groups excluding carboxylic acids is 2. The third kappa shape index (κ3) is 4.41. The summed E-state index contributed by atoms with van der Waals surface area (Å²) in [7, 11) is 0. The highest BCUT2D eigenvalue weighted by atomic mass is 32.2. The first-order valence-electron chi connectivity index (χ1n) is 11.6. The summed E-state index contributed by atoms with van der Waals surface area (Å²) in [5, 5.41) is 9.73. The molecule has 1 aliphatic heterocycles. The molecule has 0 radical (unpaired) electrons. The number of thioether (sulfide) groups is 1. The number of benzene rings is 2. The van der Waals surface area contributed by atoms with Gasteiger partial charge in [-0.1, -0.05) is 42.1 Å². The molecule has 3 heterocycles. The van der Waals surface area contributed by atoms with E-state index in [9.17, 15) is 14.4 Å². The van der Waals surface area contributed by atoms with Crippen molar-refractivity contribution < 1.29 is 14.3 Å². The van der Waals surface area contributed by atoms with Crippen molar-refractivity contribution in [3.63, 3.8) is 0 Å². The summed E-state index contributed by atoms with van der Waals surface area (Å²) < 4.78 is 8.48. The Hall–Kier alpha value is -3.66. The number of rotatable bonds is 6. The maximum atomic E-state index is 13.3. The summed E-state index contributed by atoms with van der Waals surface area (Å²) in [6.07, 6.45) is 1.22. The second-order valence-corrected chi connectivity index (χ2v) is 9.25. The first kappa shape index (κ1) is 23.1. The summed E-state index contributed by atoms with van der Waals surface area (Å²) in [5.41, 5.74) is 1.21. The summed E-state index contributed by atoms with van der Waals surface area (Å²) in [4.78, 5) is 40.0. The van der Waals surface area contributed by atoms with Crippen LogP contribution in [-0.4, -0.2) is 61.4 Å². The van der Waals surface area contributed by atoms with Gasteiger partial charge in [-0.3, -0.25) is 18.8 Å². The van der Waals surface area contributed by atoms with Crippen LogP contribution in [0.4, 0.5) is 0 Å². The maximum Gasteiger partial charge on any atom is 0.309 e. The van der Waals surface area contributed by atoms with Crippen LogP contribution in [-0.2, 0) is 14.3 Å². The number of amides is 1. The summed E-state index contributed by atoms with van der Waals surface area (Å²) in [6, 6.07) is 16.6. The van der Waals surface area contributed by atoms with Crippen LogP contribution >= 0.6 is 11.8 Å². The Morgan fingerprint density at radius 2 is 1.74 bits per heavy atom. The molecule has 35 heavy (non-hydrogen) atoms. The number of aromatic nitrogens is 4. The van der Waals surface area contributed by atoms with E-state index >= 15 is 0 Å². The minimum atomic E-state index is -0.180. The SMILES string of the molecule is CCOC(=O)C1CCN(C(=O)CSc2nnc3n(-c4ccccc4)c(=O)c4ccccc4n23)CC1. The monoisotopic (exact) mass is 491 g/mol. The van der Waals surface area contributed by atoms with Gasteiger partial charge in [-0.05, 0) is 44.0 Å². The van der Waals surface area contributed by atoms with E-state index in [0.29, 0.717) is 60.1 Å². The van der Waals surface area contributed by atoms with Gasteiger partial charge in [-0.15, -0.1) is 10.2 Å². The van der Waals surface area contributed by atoms with Crippen molar-refractivity contribution >= 4 is 40.3 Å². The Balaban J connectivity index is 1.40. The first-order valence-corrected chi connectivity index (χ1v) is 12.6. The molecule has 2 aromatic carbocycles. The van der Waals surface area contributed by atoms with Crippen molar-refractivity contribution in [3.05, 3.63) is 65.0 Å². The molecule has 0 aliphatic carbocycles. The fourth-order valence-electron chi connectivity index (χ4n) is 4.42. The number of nitrogens with zero attached hydrogens (tertiary/aromatic N) is 5. The maximum absolute atomic E-state index is 13.3. The summed E-state index contributed by atoms with van der Waals surface area (Å²) in [5.74, 6) is 0.234. The van der Waals surface area contributed by atoms with Crippen LogP contribution < -0.4 is 5.56 Å². The molecule has 0 saturated carbocycles. The van der Waals surface area contributed by atoms with Gasteiger partial charge in [-0.25, -0.2) is 4.57 Å². The number of para-hydroxylation sites is 2. The molecule has 0 N–H and O–H groups in total. The molecule has 5 rings (SSSR count). The normalized spacial score (nSPS) is 14.5. The Bertz CT molecular complexity index is 1440. The minimum Gasteiger partial charge on any atom is -0.466 e. The second-order valence-electron chi connectivity index (χ2n) is 8.31. The number of ether oxygens (including phenoxy) is 1. The van der Waals surface area contributed by atoms with Crippen LogP contribution in [0.25, 0.3) is 22.4 Å². The number of piperidine rings is 1. The molecule has 0 bridgehead atoms. The molecule has 1 aliphatic rings. The number of carbonyl (C=O) groups is 2. The van der Waals surface area contributed by atoms with E-state index in [0.717, 1.165) is 0 Å². The van der Waals surface area contributed by atoms with Crippen LogP contribution in [0.2, 0.25) is 0 Å². The van der Waals surface area contributed by atoms with Gasteiger partial charge in [-0.2, -0.15) is 0 Å². The van der Waals surface area contributed by atoms with Gasteiger partial charge < -0.3 is 9.64 Å². The number of likely N-dealkylation sites (tertiary alicyclic amines) is 1. The number of hydrogen-bond donors (Lipinski definition) is 0. The third-order valence-corrected chi connectivity index (χ3v) is 7.12. The van der Waals surface area contributed by atoms with Crippen molar-refractivity contribution in [1.82, 2.24) is 24.1 Å². The van der Waals surface area contributed by atoms with Gasteiger partial charge >= 0.3 is 5.97 Å². The zero-order valence-corrected chi connectivity index (χ0v) is 20.1. The lowest BCUT2D eigenvalue weighted by Crippen LogP contribution is -2.41. The van der Waals surface area contributed by atoms with Crippen LogP contribution in [0.5, 0.6) is 0 Å². The largest absolute Gasteiger partial charge is 0.466 e. The van der Waals surface area contributed by atoms with E-state index in [2.05, 4.69) is 10.2 Å². The lowest BCUT2D eigenvalue weighted by Gasteiger charge is -2.30. The van der Waals surface area contributed by atoms with Gasteiger partial charge in [0.25, 0.3) is 5.56 Å². The van der Waals surface area contributed by atoms with Crippen LogP contribution in [0.3, 0.4) is 0 Å². The van der Waals surface area contributed by atoms with Crippen LogP contribution in [0, 0.1) is 5.92 Å². The van der Waals surface area contributed by atoms with E-state index < -0.39 is 0 Å². The molecule has 1 fully saturated rings. The van der Waals surface area contributed by atoms with E-state index in [4.69, 9.17) is 4.74 Å². The second kappa shape index (κ2) is 9.91. The van der Waals surface area contributed by atoms with Crippen molar-refractivity contribution in [2.45, 2.75) is 24.9 Å². The highest BCUT2D eigenvalue weighted by Crippen LogP contribution is 2.25. The molecule has 10 heteroatoms. The molecule has 1 amide bonds. The van der Waals surface area contributed by atoms with Crippen molar-refractivity contribution in [1.29, 1.82) is 0 Å². The molecule has 180 valence electrons. The molecule has 0 atom stereocenters. The fraction of sp³-hybridized carbons (Fsp3) is 0.320. The Kier molecular flexibility index (Phi) is 6.54. The smallest absolute Gasteiger partial charge is 0.309 e. The highest BCUT2D eigenvalue weighted by molar-refractivity contribution is 7.99. The van der Waals surface area contributed by atoms with E-state index in [1.165, 1.54) is 11.8 Å². The lowest BCUT2D eigenvalue weighted by atomic mass is 9.97. The topological polar surface area (TPSA) is 98.8 Å². The highest BCUT2D eigenvalue weighted by Gasteiger charge is 2.28. The van der Waals surface area contributed by atoms with E-state index in [-0.39, 0.29) is 29.1 Å². The standard InChI is InChI=1S/C25H25N5O4S/c1-2-34-23(33)17-12-14-28(15-13-17)21(31)16-35-25-27-26-24-29(18-8-4-3-5-9-18)22(32)19-10-6-7-11-20(19)30(24)25/h3-11,17H,2,12-16H2,1H3. The Morgan fingerprint density at radius 1 is 1.03 bits per heavy atom. The molecular formula is C25H25N5O4S. The average Bonchev–Trinajstić information content (AvgIpc) is 3.32. The Labute approximate surface area is 205 Å². The molecule has 2 aromatic heterocycles. The zero-order chi connectivity index (χ0) is 24.4. The predicted octanol–water partition coefficient (Wildman–Crippen LogP) is 2.93. The quantitative estimate of drug-likeness (QED) is 0.302. The number of fused-ring (bicyclic) bond motifs is 3. The predicted molar refractivity (Wildman–Crippen MR) is 133 cm³/mol. The number of esters is 1. The van der Waals surface area contributed by atoms with Crippen LogP contribution in [0.15, 0.2) is 64.5 Å². The van der Waals surface area contributed by atoms with Crippen LogP contribution in [0.1, 0.15) is 19.8 Å². The fourth-order valence-corrected chi connectivity index (χ4v) is 5.27. The molecule has 0 spiro atoms. The minimum absolute atomic E-state index is 0.0188. The first-order chi connectivity index (χ1) is 17.1. The van der Waals surface area contributed by atoms with Gasteiger partial charge in [0.05, 0.1) is 34.9 Å². The lowest BCUT2D eigenvalue weighted by molar-refractivity contribution is -0.151. The van der Waals surface area contributed by atoms with Gasteiger partial charge in [0.1, 0.15) is 0 Å². The zero-order valence-electron chi connectivity index (χ0n) is 19.3. The van der Waals surface area contributed by atoms with Gasteiger partial charge in [0, 0.05) is 13.1 Å². The molecule has 4 aromatic rings. The average molecular weight is 492 g/mol. The third-order valence-electron chi connectivity index (χ3n) is 6.20.